The fraction of sp³-hybridized carbons (Fsp3) is 0.179. The molecule has 154 valence electrons. The lowest BCUT2D eigenvalue weighted by Gasteiger charge is -2.19. The monoisotopic (exact) mass is 469 g/mol. The van der Waals surface area contributed by atoms with E-state index in [0.717, 1.165) is 40.4 Å². The summed E-state index contributed by atoms with van der Waals surface area (Å²) in [5.41, 5.74) is 3.36. The number of carbonyl (C=O) groups excluding carboxylic acids is 1. The van der Waals surface area contributed by atoms with Crippen LogP contribution in [0.4, 0.5) is 0 Å². The van der Waals surface area contributed by atoms with Gasteiger partial charge in [-0.3, -0.25) is 9.69 Å². The van der Waals surface area contributed by atoms with Crippen molar-refractivity contribution in [1.29, 1.82) is 0 Å². The summed E-state index contributed by atoms with van der Waals surface area (Å²) < 4.78 is 1.06. The molecule has 0 radical (unpaired) electrons. The lowest BCUT2D eigenvalue weighted by molar-refractivity contribution is 0.0915. The first-order valence-electron chi connectivity index (χ1n) is 10.7. The number of hydrogen-bond acceptors (Lipinski definition) is 2. The predicted octanol–water partition coefficient (Wildman–Crippen LogP) is 6.70. The minimum Gasteiger partial charge on any atom is -0.298 e. The first-order chi connectivity index (χ1) is 15.2. The number of halogens is 1. The maximum Gasteiger partial charge on any atom is 0.168 e. The van der Waals surface area contributed by atoms with Crippen molar-refractivity contribution in [2.24, 2.45) is 5.92 Å². The summed E-state index contributed by atoms with van der Waals surface area (Å²) in [5, 5.41) is 2.17. The second-order valence-electron chi connectivity index (χ2n) is 8.34. The van der Waals surface area contributed by atoms with Crippen LogP contribution in [0, 0.1) is 5.92 Å². The molecule has 2 atom stereocenters. The Morgan fingerprint density at radius 1 is 0.806 bits per heavy atom. The first kappa shape index (κ1) is 20.2. The van der Waals surface area contributed by atoms with Crippen molar-refractivity contribution in [2.45, 2.75) is 12.5 Å². The number of ketones is 1. The number of likely N-dealkylation sites (tertiary alicyclic amines) is 1. The Kier molecular flexibility index (Phi) is 5.71. The molecule has 1 aliphatic heterocycles. The van der Waals surface area contributed by atoms with Crippen LogP contribution in [0.15, 0.2) is 102 Å². The van der Waals surface area contributed by atoms with Crippen LogP contribution in [0.25, 0.3) is 10.8 Å². The van der Waals surface area contributed by atoms with E-state index < -0.39 is 0 Å². The molecule has 2 nitrogen and oxygen atoms in total. The fourth-order valence-electron chi connectivity index (χ4n) is 4.81. The molecular formula is C28H24BrNO. The van der Waals surface area contributed by atoms with E-state index in [9.17, 15) is 4.79 Å². The van der Waals surface area contributed by atoms with Crippen LogP contribution in [0.1, 0.15) is 27.4 Å². The van der Waals surface area contributed by atoms with E-state index in [4.69, 9.17) is 0 Å². The minimum absolute atomic E-state index is 0.0595. The van der Waals surface area contributed by atoms with Crippen molar-refractivity contribution in [1.82, 2.24) is 4.90 Å². The molecule has 0 aliphatic carbocycles. The smallest absolute Gasteiger partial charge is 0.168 e. The Bertz CT molecular complexity index is 1200. The second-order valence-corrected chi connectivity index (χ2v) is 9.25. The van der Waals surface area contributed by atoms with Crippen molar-refractivity contribution >= 4 is 32.5 Å². The Balaban J connectivity index is 1.50. The number of benzene rings is 4. The van der Waals surface area contributed by atoms with E-state index in [2.05, 4.69) is 87.6 Å². The molecule has 0 unspecified atom stereocenters. The van der Waals surface area contributed by atoms with Gasteiger partial charge in [0.1, 0.15) is 0 Å². The quantitative estimate of drug-likeness (QED) is 0.303. The topological polar surface area (TPSA) is 20.3 Å². The molecule has 1 fully saturated rings. The van der Waals surface area contributed by atoms with Crippen LogP contribution < -0.4 is 0 Å². The predicted molar refractivity (Wildman–Crippen MR) is 130 cm³/mol. The van der Waals surface area contributed by atoms with E-state index in [1.54, 1.807) is 0 Å². The number of Topliss-reactive ketones (excluding diaryl/α,β-unsaturated/α-hetero) is 1. The molecule has 1 heterocycles. The van der Waals surface area contributed by atoms with Gasteiger partial charge < -0.3 is 0 Å². The molecule has 4 aromatic rings. The van der Waals surface area contributed by atoms with Gasteiger partial charge in [-0.1, -0.05) is 101 Å². The normalized spacial score (nSPS) is 19.0. The van der Waals surface area contributed by atoms with Crippen LogP contribution in [-0.4, -0.2) is 23.8 Å². The largest absolute Gasteiger partial charge is 0.298 e. The van der Waals surface area contributed by atoms with Crippen molar-refractivity contribution in [3.63, 3.8) is 0 Å². The maximum atomic E-state index is 13.9. The number of fused-ring (bicyclic) bond motifs is 1. The summed E-state index contributed by atoms with van der Waals surface area (Å²) in [6.45, 7) is 2.53. The van der Waals surface area contributed by atoms with E-state index >= 15 is 0 Å². The molecule has 31 heavy (non-hydrogen) atoms. The van der Waals surface area contributed by atoms with Crippen LogP contribution >= 0.6 is 15.9 Å². The second kappa shape index (κ2) is 8.78. The van der Waals surface area contributed by atoms with Crippen LogP contribution in [0.3, 0.4) is 0 Å². The summed E-state index contributed by atoms with van der Waals surface area (Å²) in [6, 6.07) is 33.2. The van der Waals surface area contributed by atoms with Gasteiger partial charge in [-0.15, -0.1) is 0 Å². The molecule has 0 aromatic heterocycles. The third kappa shape index (κ3) is 4.21. The van der Waals surface area contributed by atoms with E-state index in [0.29, 0.717) is 0 Å². The van der Waals surface area contributed by atoms with Crippen LogP contribution in [0.2, 0.25) is 0 Å². The van der Waals surface area contributed by atoms with E-state index in [-0.39, 0.29) is 17.6 Å². The maximum absolute atomic E-state index is 13.9. The zero-order chi connectivity index (χ0) is 21.2. The Hall–Kier alpha value is -2.75. The fourth-order valence-corrected chi connectivity index (χ4v) is 5.07. The van der Waals surface area contributed by atoms with E-state index in [1.807, 2.05) is 30.3 Å². The molecule has 0 saturated carbocycles. The van der Waals surface area contributed by atoms with Crippen molar-refractivity contribution in [3.8, 4) is 0 Å². The highest BCUT2D eigenvalue weighted by molar-refractivity contribution is 9.10. The SMILES string of the molecule is O=C(c1cccc2ccccc12)[C@@H]1CN(Cc2ccccc2)C[C@H]1c1ccc(Br)cc1. The first-order valence-corrected chi connectivity index (χ1v) is 11.5. The highest BCUT2D eigenvalue weighted by atomic mass is 79.9. The van der Waals surface area contributed by atoms with Crippen LogP contribution in [-0.2, 0) is 6.54 Å². The van der Waals surface area contributed by atoms with Gasteiger partial charge >= 0.3 is 0 Å². The highest BCUT2D eigenvalue weighted by Crippen LogP contribution is 2.37. The van der Waals surface area contributed by atoms with Gasteiger partial charge in [-0.2, -0.15) is 0 Å². The number of carbonyl (C=O) groups is 1. The average molecular weight is 470 g/mol. The molecule has 0 N–H and O–H groups in total. The zero-order valence-corrected chi connectivity index (χ0v) is 18.8. The lowest BCUT2D eigenvalue weighted by atomic mass is 9.83. The summed E-state index contributed by atoms with van der Waals surface area (Å²) in [7, 11) is 0. The van der Waals surface area contributed by atoms with Gasteiger partial charge in [0.15, 0.2) is 5.78 Å². The molecule has 4 aromatic carbocycles. The number of rotatable bonds is 5. The molecule has 1 saturated heterocycles. The molecular weight excluding hydrogens is 446 g/mol. The van der Waals surface area contributed by atoms with Gasteiger partial charge in [0, 0.05) is 41.5 Å². The zero-order valence-electron chi connectivity index (χ0n) is 17.2. The van der Waals surface area contributed by atoms with Crippen molar-refractivity contribution < 1.29 is 4.79 Å². The summed E-state index contributed by atoms with van der Waals surface area (Å²) in [5.74, 6) is 0.374. The highest BCUT2D eigenvalue weighted by Gasteiger charge is 2.39. The summed E-state index contributed by atoms with van der Waals surface area (Å²) >= 11 is 3.54. The molecule has 0 bridgehead atoms. The van der Waals surface area contributed by atoms with Crippen molar-refractivity contribution in [2.75, 3.05) is 13.1 Å². The Labute approximate surface area is 191 Å². The summed E-state index contributed by atoms with van der Waals surface area (Å²) in [4.78, 5) is 16.3. The Morgan fingerprint density at radius 3 is 2.32 bits per heavy atom. The molecule has 3 heteroatoms. The van der Waals surface area contributed by atoms with Crippen LogP contribution in [0.5, 0.6) is 0 Å². The Morgan fingerprint density at radius 2 is 1.52 bits per heavy atom. The number of nitrogens with zero attached hydrogens (tertiary/aromatic N) is 1. The standard InChI is InChI=1S/C28H24BrNO/c29-23-15-13-22(14-16-23)26-18-30(17-20-7-2-1-3-8-20)19-27(26)28(31)25-12-6-10-21-9-4-5-11-24(21)25/h1-16,26-27H,17-19H2/t26-,27+/m0/s1. The average Bonchev–Trinajstić information content (AvgIpc) is 3.23. The van der Waals surface area contributed by atoms with Gasteiger partial charge in [-0.05, 0) is 34.0 Å². The molecule has 0 spiro atoms. The third-order valence-electron chi connectivity index (χ3n) is 6.33. The molecule has 1 aliphatic rings. The third-order valence-corrected chi connectivity index (χ3v) is 6.86. The van der Waals surface area contributed by atoms with Gasteiger partial charge in [0.2, 0.25) is 0 Å². The van der Waals surface area contributed by atoms with E-state index in [1.165, 1.54) is 11.1 Å². The molecule has 5 rings (SSSR count). The molecule has 0 amide bonds. The minimum atomic E-state index is -0.0595. The van der Waals surface area contributed by atoms with Gasteiger partial charge in [0.25, 0.3) is 0 Å². The van der Waals surface area contributed by atoms with Gasteiger partial charge in [-0.25, -0.2) is 0 Å². The van der Waals surface area contributed by atoms with Gasteiger partial charge in [0.05, 0.1) is 0 Å². The number of hydrogen-bond donors (Lipinski definition) is 0. The van der Waals surface area contributed by atoms with Crippen molar-refractivity contribution in [3.05, 3.63) is 118 Å². The lowest BCUT2D eigenvalue weighted by Crippen LogP contribution is -2.24. The summed E-state index contributed by atoms with van der Waals surface area (Å²) in [6.07, 6.45) is 0.